The minimum absolute atomic E-state index is 0.0663. The molecule has 0 radical (unpaired) electrons. The Bertz CT molecular complexity index is 1140. The van der Waals surface area contributed by atoms with Crippen molar-refractivity contribution in [2.24, 2.45) is 11.7 Å². The summed E-state index contributed by atoms with van der Waals surface area (Å²) in [7, 11) is 0. The number of carbonyl (C=O) groups is 5. The topological polar surface area (TPSA) is 237 Å². The third kappa shape index (κ3) is 9.74. The summed E-state index contributed by atoms with van der Waals surface area (Å²) >= 11 is 0. The number of aromatic hydroxyl groups is 1. The number of phenolic OH excluding ortho intramolecular Hbond substituents is 1. The summed E-state index contributed by atoms with van der Waals surface area (Å²) in [5.41, 5.74) is 7.20. The third-order valence-corrected chi connectivity index (χ3v) is 6.13. The second kappa shape index (κ2) is 14.5. The zero-order valence-corrected chi connectivity index (χ0v) is 21.6. The minimum Gasteiger partial charge on any atom is -0.508 e. The fourth-order valence-corrected chi connectivity index (χ4v) is 3.67. The number of hydrogen-bond donors (Lipinski definition) is 8. The molecule has 0 saturated carbocycles. The van der Waals surface area contributed by atoms with Crippen molar-refractivity contribution in [3.63, 3.8) is 0 Å². The number of nitrogens with one attached hydrogen (secondary N) is 4. The predicted octanol–water partition coefficient (Wildman–Crippen LogP) is -0.712. The highest BCUT2D eigenvalue weighted by Crippen LogP contribution is 2.13. The number of carbonyl (C=O) groups excluding carboxylic acids is 3. The molecule has 0 saturated heterocycles. The highest BCUT2D eigenvalue weighted by Gasteiger charge is 2.33. The Morgan fingerprint density at radius 2 is 1.59 bits per heavy atom. The number of rotatable bonds is 15. The van der Waals surface area contributed by atoms with Crippen LogP contribution in [-0.2, 0) is 36.8 Å². The van der Waals surface area contributed by atoms with Gasteiger partial charge in [0, 0.05) is 18.3 Å². The van der Waals surface area contributed by atoms with Gasteiger partial charge in [0.05, 0.1) is 18.8 Å². The van der Waals surface area contributed by atoms with E-state index in [4.69, 9.17) is 10.8 Å². The molecule has 0 aliphatic heterocycles. The van der Waals surface area contributed by atoms with E-state index in [0.717, 1.165) is 0 Å². The van der Waals surface area contributed by atoms with Crippen LogP contribution in [0.5, 0.6) is 5.75 Å². The van der Waals surface area contributed by atoms with Crippen molar-refractivity contribution in [3.8, 4) is 5.75 Å². The molecular formula is C25H34N6O8. The first-order valence-electron chi connectivity index (χ1n) is 12.3. The van der Waals surface area contributed by atoms with Gasteiger partial charge in [-0.1, -0.05) is 32.4 Å². The molecule has 5 unspecified atom stereocenters. The van der Waals surface area contributed by atoms with Gasteiger partial charge in [-0.15, -0.1) is 0 Å². The van der Waals surface area contributed by atoms with Crippen LogP contribution >= 0.6 is 0 Å². The monoisotopic (exact) mass is 546 g/mol. The molecule has 0 bridgehead atoms. The Kier molecular flexibility index (Phi) is 11.4. The summed E-state index contributed by atoms with van der Waals surface area (Å²) in [5, 5.41) is 35.0. The van der Waals surface area contributed by atoms with Crippen molar-refractivity contribution in [2.75, 3.05) is 0 Å². The van der Waals surface area contributed by atoms with Gasteiger partial charge in [-0.3, -0.25) is 19.2 Å². The Labute approximate surface area is 224 Å². The third-order valence-electron chi connectivity index (χ3n) is 6.13. The van der Waals surface area contributed by atoms with Crippen molar-refractivity contribution in [2.45, 2.75) is 63.7 Å². The Morgan fingerprint density at radius 3 is 2.13 bits per heavy atom. The van der Waals surface area contributed by atoms with Crippen LogP contribution in [0, 0.1) is 5.92 Å². The molecule has 9 N–H and O–H groups in total. The first kappa shape index (κ1) is 30.8. The maximum absolute atomic E-state index is 13.3. The number of amides is 3. The number of phenols is 1. The second-order valence-electron chi connectivity index (χ2n) is 9.19. The maximum atomic E-state index is 13.3. The second-order valence-corrected chi connectivity index (χ2v) is 9.19. The Morgan fingerprint density at radius 1 is 0.949 bits per heavy atom. The van der Waals surface area contributed by atoms with E-state index >= 15 is 0 Å². The molecule has 1 aromatic heterocycles. The molecule has 0 aliphatic rings. The number of hydrogen-bond acceptors (Lipinski definition) is 8. The van der Waals surface area contributed by atoms with Crippen LogP contribution in [0.15, 0.2) is 36.8 Å². The highest BCUT2D eigenvalue weighted by atomic mass is 16.4. The van der Waals surface area contributed by atoms with E-state index in [2.05, 4.69) is 25.9 Å². The number of benzene rings is 1. The van der Waals surface area contributed by atoms with Gasteiger partial charge in [-0.25, -0.2) is 9.78 Å². The summed E-state index contributed by atoms with van der Waals surface area (Å²) in [6, 6.07) is 1.03. The van der Waals surface area contributed by atoms with Crippen molar-refractivity contribution >= 4 is 29.7 Å². The molecular weight excluding hydrogens is 512 g/mol. The summed E-state index contributed by atoms with van der Waals surface area (Å²) in [6.07, 6.45) is 2.42. The predicted molar refractivity (Wildman–Crippen MR) is 137 cm³/mol. The van der Waals surface area contributed by atoms with Crippen LogP contribution in [0.4, 0.5) is 0 Å². The number of carboxylic acid groups (broad SMARTS) is 2. The lowest BCUT2D eigenvalue weighted by atomic mass is 9.96. The van der Waals surface area contributed by atoms with Crippen LogP contribution in [0.2, 0.25) is 0 Å². The van der Waals surface area contributed by atoms with E-state index in [1.807, 2.05) is 6.92 Å². The van der Waals surface area contributed by atoms with Gasteiger partial charge in [0.15, 0.2) is 0 Å². The summed E-state index contributed by atoms with van der Waals surface area (Å²) in [6.45, 7) is 3.54. The fourth-order valence-electron chi connectivity index (χ4n) is 3.67. The summed E-state index contributed by atoms with van der Waals surface area (Å²) < 4.78 is 0. The van der Waals surface area contributed by atoms with Crippen molar-refractivity contribution in [3.05, 3.63) is 48.0 Å². The molecule has 14 heteroatoms. The van der Waals surface area contributed by atoms with Crippen LogP contribution in [0.3, 0.4) is 0 Å². The van der Waals surface area contributed by atoms with E-state index in [9.17, 15) is 34.2 Å². The molecule has 1 heterocycles. The van der Waals surface area contributed by atoms with Crippen LogP contribution in [0.1, 0.15) is 37.9 Å². The largest absolute Gasteiger partial charge is 0.508 e. The minimum atomic E-state index is -1.72. The maximum Gasteiger partial charge on any atom is 0.326 e. The molecule has 3 amide bonds. The van der Waals surface area contributed by atoms with E-state index < -0.39 is 60.2 Å². The number of imidazole rings is 1. The average molecular weight is 547 g/mol. The fraction of sp³-hybridized carbons (Fsp3) is 0.440. The van der Waals surface area contributed by atoms with Gasteiger partial charge in [0.2, 0.25) is 17.7 Å². The lowest BCUT2D eigenvalue weighted by Gasteiger charge is -2.28. The van der Waals surface area contributed by atoms with E-state index in [-0.39, 0.29) is 24.5 Å². The van der Waals surface area contributed by atoms with E-state index in [0.29, 0.717) is 17.7 Å². The van der Waals surface area contributed by atoms with Crippen LogP contribution in [0.25, 0.3) is 0 Å². The standard InChI is InChI=1S/C25H34N6O8/c1-3-13(2)21(31-22(35)17(26)8-14-4-6-16(32)7-5-14)24(37)29-18(9-15-11-27-12-28-15)23(36)30-19(25(38)39)10-20(33)34/h4-7,11-13,17-19,21,32H,3,8-10,26H2,1-2H3,(H,27,28)(H,29,37)(H,30,36)(H,31,35)(H,33,34)(H,38,39). The Balaban J connectivity index is 2.18. The van der Waals surface area contributed by atoms with Gasteiger partial charge in [0.1, 0.15) is 23.9 Å². The number of nitrogens with zero attached hydrogens (tertiary/aromatic N) is 1. The molecule has 0 aliphatic carbocycles. The SMILES string of the molecule is CCC(C)C(NC(=O)C(N)Cc1ccc(O)cc1)C(=O)NC(Cc1cnc[nH]1)C(=O)NC(CC(=O)O)C(=O)O. The lowest BCUT2D eigenvalue weighted by molar-refractivity contribution is -0.147. The zero-order valence-electron chi connectivity index (χ0n) is 21.6. The number of aromatic amines is 1. The van der Waals surface area contributed by atoms with Crippen LogP contribution < -0.4 is 21.7 Å². The first-order valence-corrected chi connectivity index (χ1v) is 12.3. The van der Waals surface area contributed by atoms with Gasteiger partial charge < -0.3 is 42.0 Å². The molecule has 2 rings (SSSR count). The zero-order chi connectivity index (χ0) is 29.1. The molecule has 0 spiro atoms. The molecule has 2 aromatic rings. The molecule has 39 heavy (non-hydrogen) atoms. The van der Waals surface area contributed by atoms with Gasteiger partial charge in [0.25, 0.3) is 0 Å². The first-order chi connectivity index (χ1) is 18.4. The smallest absolute Gasteiger partial charge is 0.326 e. The van der Waals surface area contributed by atoms with Gasteiger partial charge in [-0.05, 0) is 30.0 Å². The normalized spacial score (nSPS) is 14.7. The van der Waals surface area contributed by atoms with Crippen molar-refractivity contribution < 1.29 is 39.3 Å². The Hall–Kier alpha value is -4.46. The lowest BCUT2D eigenvalue weighted by Crippen LogP contribution is -2.59. The number of aliphatic carboxylic acids is 2. The van der Waals surface area contributed by atoms with Gasteiger partial charge >= 0.3 is 11.9 Å². The number of aromatic nitrogens is 2. The summed E-state index contributed by atoms with van der Waals surface area (Å²) in [4.78, 5) is 68.3. The average Bonchev–Trinajstić information content (AvgIpc) is 3.39. The molecule has 5 atom stereocenters. The van der Waals surface area contributed by atoms with Crippen molar-refractivity contribution in [1.29, 1.82) is 0 Å². The van der Waals surface area contributed by atoms with E-state index in [1.54, 1.807) is 19.1 Å². The van der Waals surface area contributed by atoms with Crippen molar-refractivity contribution in [1.82, 2.24) is 25.9 Å². The number of H-pyrrole nitrogens is 1. The number of nitrogens with two attached hydrogens (primary N) is 1. The highest BCUT2D eigenvalue weighted by molar-refractivity contribution is 5.95. The van der Waals surface area contributed by atoms with Crippen LogP contribution in [-0.4, -0.2) is 79.1 Å². The summed E-state index contributed by atoms with van der Waals surface area (Å²) in [5.74, 6) is -5.53. The molecule has 1 aromatic carbocycles. The number of carboxylic acids is 2. The van der Waals surface area contributed by atoms with E-state index in [1.165, 1.54) is 24.7 Å². The van der Waals surface area contributed by atoms with Gasteiger partial charge in [-0.2, -0.15) is 0 Å². The quantitative estimate of drug-likeness (QED) is 0.140. The molecule has 212 valence electrons. The molecule has 14 nitrogen and oxygen atoms in total. The molecule has 0 fully saturated rings.